The Hall–Kier alpha value is -3.92. The zero-order valence-corrected chi connectivity index (χ0v) is 18.1. The van der Waals surface area contributed by atoms with Crippen LogP contribution in [0.1, 0.15) is 16.8 Å². The molecule has 13 heteroatoms. The molecule has 182 valence electrons. The van der Waals surface area contributed by atoms with Crippen molar-refractivity contribution in [1.29, 1.82) is 0 Å². The third kappa shape index (κ3) is 4.83. The first-order valence-electron chi connectivity index (χ1n) is 9.62. The Morgan fingerprint density at radius 1 is 1.00 bits per heavy atom. The minimum atomic E-state index is -4.97. The summed E-state index contributed by atoms with van der Waals surface area (Å²) in [5.74, 6) is 1.49. The first kappa shape index (κ1) is 24.2. The Balaban J connectivity index is 1.84. The van der Waals surface area contributed by atoms with Crippen molar-refractivity contribution in [1.82, 2.24) is 4.98 Å². The minimum absolute atomic E-state index is 0.0304. The van der Waals surface area contributed by atoms with E-state index in [9.17, 15) is 34.8 Å². The molecule has 2 aromatic carbocycles. The molecule has 0 spiro atoms. The summed E-state index contributed by atoms with van der Waals surface area (Å²) in [6.45, 7) is -0.456. The Morgan fingerprint density at radius 2 is 1.69 bits per heavy atom. The summed E-state index contributed by atoms with van der Waals surface area (Å²) in [5.41, 5.74) is -0.920. The molecular weight excluding hydrogens is 500 g/mol. The van der Waals surface area contributed by atoms with Gasteiger partial charge in [0.25, 0.3) is 10.0 Å². The van der Waals surface area contributed by atoms with Gasteiger partial charge in [-0.05, 0) is 42.5 Å². The molecule has 1 aliphatic rings. The maximum atomic E-state index is 13.6. The van der Waals surface area contributed by atoms with Crippen molar-refractivity contribution in [2.75, 3.05) is 9.62 Å². The monoisotopic (exact) mass is 513 g/mol. The highest BCUT2D eigenvalue weighted by Gasteiger charge is 2.36. The topological polar surface area (TPSA) is 71.5 Å². The smallest absolute Gasteiger partial charge is 0.406 e. The molecule has 0 aliphatic carbocycles. The van der Waals surface area contributed by atoms with E-state index in [1.165, 1.54) is 18.2 Å². The molecule has 0 saturated heterocycles. The maximum Gasteiger partial charge on any atom is 0.573 e. The lowest BCUT2D eigenvalue weighted by molar-refractivity contribution is -0.274. The Kier molecular flexibility index (Phi) is 5.80. The molecule has 1 N–H and O–H groups in total. The fraction of sp³-hybridized carbons (Fsp3) is 0.136. The molecule has 6 nitrogen and oxygen atoms in total. The Bertz CT molecular complexity index is 1430. The van der Waals surface area contributed by atoms with E-state index in [-0.39, 0.29) is 28.3 Å². The van der Waals surface area contributed by atoms with Gasteiger partial charge in [0.15, 0.2) is 0 Å². The molecule has 0 bridgehead atoms. The van der Waals surface area contributed by atoms with Crippen LogP contribution >= 0.6 is 0 Å². The third-order valence-corrected chi connectivity index (χ3v) is 6.68. The van der Waals surface area contributed by atoms with Crippen molar-refractivity contribution >= 4 is 27.2 Å². The van der Waals surface area contributed by atoms with E-state index < -0.39 is 45.4 Å². The van der Waals surface area contributed by atoms with Gasteiger partial charge in [0, 0.05) is 5.56 Å². The number of aromatic nitrogens is 1. The summed E-state index contributed by atoms with van der Waals surface area (Å²) in [7, 11) is -4.46. The number of hydrogen-bond donors (Lipinski definition) is 1. The van der Waals surface area contributed by atoms with Gasteiger partial charge in [-0.25, -0.2) is 13.4 Å². The number of halogens is 6. The van der Waals surface area contributed by atoms with Gasteiger partial charge in [-0.2, -0.15) is 13.2 Å². The van der Waals surface area contributed by atoms with Crippen LogP contribution in [0.3, 0.4) is 0 Å². The Morgan fingerprint density at radius 3 is 2.29 bits per heavy atom. The van der Waals surface area contributed by atoms with Crippen molar-refractivity contribution < 1.29 is 39.5 Å². The van der Waals surface area contributed by atoms with E-state index in [1.807, 2.05) is 0 Å². The van der Waals surface area contributed by atoms with E-state index in [1.54, 1.807) is 0 Å². The standard InChI is InChI=1S/C22H13F6N3O3S/c1-2-13-4-3-5-17-19(13)31(12-14-6-11-18(21(23,24)25)30-20(14)29-17)35(32,33)16-9-7-15(8-10-16)34-22(26,27)28/h1,3-11H,12H2,(H,29,30). The van der Waals surface area contributed by atoms with Gasteiger partial charge < -0.3 is 10.1 Å². The van der Waals surface area contributed by atoms with Crippen molar-refractivity contribution in [2.24, 2.45) is 0 Å². The van der Waals surface area contributed by atoms with E-state index >= 15 is 0 Å². The van der Waals surface area contributed by atoms with Crippen LogP contribution < -0.4 is 14.4 Å². The number of anilines is 3. The van der Waals surface area contributed by atoms with Gasteiger partial charge in [-0.3, -0.25) is 4.31 Å². The lowest BCUT2D eigenvalue weighted by Gasteiger charge is -2.25. The fourth-order valence-corrected chi connectivity index (χ4v) is 4.90. The van der Waals surface area contributed by atoms with Gasteiger partial charge >= 0.3 is 12.5 Å². The van der Waals surface area contributed by atoms with E-state index in [0.29, 0.717) is 6.07 Å². The molecule has 0 fully saturated rings. The second-order valence-corrected chi connectivity index (χ2v) is 9.07. The number of sulfonamides is 1. The van der Waals surface area contributed by atoms with Crippen LogP contribution in [0.2, 0.25) is 0 Å². The van der Waals surface area contributed by atoms with Crippen molar-refractivity contribution in [3.05, 3.63) is 71.4 Å². The van der Waals surface area contributed by atoms with E-state index in [2.05, 4.69) is 21.0 Å². The normalized spacial score (nSPS) is 13.7. The number of alkyl halides is 6. The first-order valence-corrected chi connectivity index (χ1v) is 11.1. The summed E-state index contributed by atoms with van der Waals surface area (Å²) in [4.78, 5) is 3.21. The third-order valence-electron chi connectivity index (χ3n) is 4.92. The highest BCUT2D eigenvalue weighted by Crippen LogP contribution is 2.41. The predicted molar refractivity (Wildman–Crippen MR) is 113 cm³/mol. The molecule has 0 saturated carbocycles. The quantitative estimate of drug-likeness (QED) is 0.374. The second kappa shape index (κ2) is 8.38. The van der Waals surface area contributed by atoms with Gasteiger partial charge in [-0.1, -0.05) is 18.1 Å². The number of benzene rings is 2. The number of nitrogens with zero attached hydrogens (tertiary/aromatic N) is 2. The molecule has 0 radical (unpaired) electrons. The van der Waals surface area contributed by atoms with Gasteiger partial charge in [0.05, 0.1) is 28.4 Å². The molecule has 3 aromatic rings. The zero-order valence-electron chi connectivity index (χ0n) is 17.3. The summed E-state index contributed by atoms with van der Waals surface area (Å²) in [6.07, 6.45) is -4.16. The molecule has 2 heterocycles. The lowest BCUT2D eigenvalue weighted by Crippen LogP contribution is -2.31. The minimum Gasteiger partial charge on any atom is -0.406 e. The number of terminal acetylenes is 1. The maximum absolute atomic E-state index is 13.6. The van der Waals surface area contributed by atoms with Crippen LogP contribution in [0.4, 0.5) is 43.5 Å². The zero-order chi connectivity index (χ0) is 25.6. The average molecular weight is 513 g/mol. The fourth-order valence-electron chi connectivity index (χ4n) is 3.42. The summed E-state index contributed by atoms with van der Waals surface area (Å²) < 4.78 is 109. The summed E-state index contributed by atoms with van der Waals surface area (Å²) in [6, 6.07) is 9.62. The van der Waals surface area contributed by atoms with Gasteiger partial charge in [0.2, 0.25) is 0 Å². The van der Waals surface area contributed by atoms with Crippen LogP contribution in [0.25, 0.3) is 0 Å². The molecule has 0 amide bonds. The molecular formula is C22H13F6N3O3S. The number of pyridine rings is 1. The molecule has 0 unspecified atom stereocenters. The first-order chi connectivity index (χ1) is 16.3. The highest BCUT2D eigenvalue weighted by atomic mass is 32.2. The lowest BCUT2D eigenvalue weighted by atomic mass is 10.1. The van der Waals surface area contributed by atoms with Crippen LogP contribution in [0.5, 0.6) is 5.75 Å². The van der Waals surface area contributed by atoms with Gasteiger partial charge in [0.1, 0.15) is 17.3 Å². The Labute approximate surface area is 195 Å². The van der Waals surface area contributed by atoms with Crippen LogP contribution in [0, 0.1) is 12.3 Å². The van der Waals surface area contributed by atoms with Crippen molar-refractivity contribution in [3.63, 3.8) is 0 Å². The number of fused-ring (bicyclic) bond motifs is 2. The second-order valence-electron chi connectivity index (χ2n) is 7.20. The van der Waals surface area contributed by atoms with Crippen molar-refractivity contribution in [2.45, 2.75) is 24.0 Å². The van der Waals surface area contributed by atoms with Crippen molar-refractivity contribution in [3.8, 4) is 18.1 Å². The highest BCUT2D eigenvalue weighted by molar-refractivity contribution is 7.92. The molecule has 0 atom stereocenters. The summed E-state index contributed by atoms with van der Waals surface area (Å²) >= 11 is 0. The molecule has 1 aromatic heterocycles. The van der Waals surface area contributed by atoms with Gasteiger partial charge in [-0.15, -0.1) is 19.6 Å². The number of para-hydroxylation sites is 1. The number of ether oxygens (including phenoxy) is 1. The number of hydrogen-bond acceptors (Lipinski definition) is 5. The molecule has 35 heavy (non-hydrogen) atoms. The van der Waals surface area contributed by atoms with Crippen LogP contribution in [0.15, 0.2) is 59.5 Å². The SMILES string of the molecule is C#Cc1cccc2c1N(S(=O)(=O)c1ccc(OC(F)(F)F)cc1)Cc1ccc(C(F)(F)F)nc1N2. The van der Waals surface area contributed by atoms with Crippen LogP contribution in [-0.2, 0) is 22.7 Å². The number of rotatable bonds is 3. The van der Waals surface area contributed by atoms with E-state index in [4.69, 9.17) is 6.42 Å². The molecule has 4 rings (SSSR count). The van der Waals surface area contributed by atoms with Crippen LogP contribution in [-0.4, -0.2) is 19.8 Å². The summed E-state index contributed by atoms with van der Waals surface area (Å²) in [5, 5.41) is 2.72. The largest absolute Gasteiger partial charge is 0.573 e. The predicted octanol–water partition coefficient (Wildman–Crippen LogP) is 5.43. The average Bonchev–Trinajstić information content (AvgIpc) is 2.94. The number of nitrogens with one attached hydrogen (secondary N) is 1. The molecule has 1 aliphatic heterocycles. The van der Waals surface area contributed by atoms with E-state index in [0.717, 1.165) is 34.6 Å².